The molecule has 1 fully saturated rings. The van der Waals surface area contributed by atoms with Crippen LogP contribution in [-0.4, -0.2) is 260 Å². The number of hydrogen-bond donors (Lipinski definition) is 14. The number of rotatable bonds is 34. The van der Waals surface area contributed by atoms with E-state index in [0.29, 0.717) is 99.5 Å². The van der Waals surface area contributed by atoms with Crippen molar-refractivity contribution >= 4 is 98.3 Å². The van der Waals surface area contributed by atoms with Crippen LogP contribution in [0, 0.1) is 29.6 Å². The van der Waals surface area contributed by atoms with Crippen LogP contribution in [-0.2, 0) is 99.4 Å². The maximum absolute atomic E-state index is 15.3. The molecule has 3 unspecified atom stereocenters. The summed E-state index contributed by atoms with van der Waals surface area (Å²) in [4.78, 5) is 155. The number of Topliss-reactive ketones (excluding diaryl/α,β-unsaturated/α-hetero) is 2. The predicted octanol–water partition coefficient (Wildman–Crippen LogP) is -3.50. The van der Waals surface area contributed by atoms with Gasteiger partial charge in [0.1, 0.15) is 28.9 Å². The van der Waals surface area contributed by atoms with Gasteiger partial charge >= 0.3 is 5.97 Å². The van der Waals surface area contributed by atoms with Gasteiger partial charge < -0.3 is 107 Å². The summed E-state index contributed by atoms with van der Waals surface area (Å²) in [5.41, 5.74) is 12.9. The number of ether oxygens (including phenoxy) is 6. The second-order valence-electron chi connectivity index (χ2n) is 24.2. The number of aliphatic hydroxyl groups is 3. The molecule has 1 saturated heterocycles. The van der Waals surface area contributed by atoms with Crippen molar-refractivity contribution < 1.29 is 106 Å². The number of H-pyrrole nitrogens is 1. The number of aromatic amines is 1. The Morgan fingerprint density at radius 2 is 1.47 bits per heavy atom. The third kappa shape index (κ3) is 25.7. The summed E-state index contributed by atoms with van der Waals surface area (Å²) in [6.07, 6.45) is -4.13. The highest BCUT2D eigenvalue weighted by Gasteiger charge is 2.45. The molecule has 3 aliphatic rings. The minimum Gasteiger partial charge on any atom is -0.496 e. The number of thioether (sulfide) groups is 1. The number of carbonyl (C=O) groups excluding carboxylic acids is 10. The van der Waals surface area contributed by atoms with E-state index in [-0.39, 0.29) is 48.9 Å². The number of nitrogens with one attached hydrogen (secondary N) is 8. The second-order valence-corrected chi connectivity index (χ2v) is 26.7. The molecule has 12 atom stereocenters. The van der Waals surface area contributed by atoms with Crippen molar-refractivity contribution in [3.8, 4) is 5.75 Å². The Labute approximate surface area is 574 Å². The Hall–Kier alpha value is -7.35. The minimum atomic E-state index is -2.41. The van der Waals surface area contributed by atoms with Crippen LogP contribution in [0.5, 0.6) is 5.75 Å². The minimum absolute atomic E-state index is 0.0688. The Kier molecular flexibility index (Phi) is 34.8. The first-order valence-corrected chi connectivity index (χ1v) is 35.0. The lowest BCUT2D eigenvalue weighted by molar-refractivity contribution is -0.144. The smallest absolute Gasteiger partial charge is 0.304 e. The summed E-state index contributed by atoms with van der Waals surface area (Å²) in [6.45, 7) is 7.32. The summed E-state index contributed by atoms with van der Waals surface area (Å²) >= 11 is 1.44. The molecule has 0 aliphatic carbocycles. The fraction of sp³-hybridized carbons (Fsp3) is 0.667. The van der Waals surface area contributed by atoms with Gasteiger partial charge in [-0.3, -0.25) is 56.9 Å². The first kappa shape index (κ1) is 81.3. The highest BCUT2D eigenvalue weighted by Crippen LogP contribution is 2.37. The van der Waals surface area contributed by atoms with E-state index in [1.165, 1.54) is 38.9 Å². The van der Waals surface area contributed by atoms with Gasteiger partial charge in [-0.25, -0.2) is 0 Å². The van der Waals surface area contributed by atoms with Gasteiger partial charge in [-0.05, 0) is 30.0 Å². The number of aliphatic carboxylic acids is 1. The summed E-state index contributed by atoms with van der Waals surface area (Å²) in [7, 11) is -0.971. The van der Waals surface area contributed by atoms with E-state index in [1.807, 2.05) is 0 Å². The molecule has 5 rings (SSSR count). The van der Waals surface area contributed by atoms with Gasteiger partial charge in [0.2, 0.25) is 47.3 Å². The monoisotopic (exact) mass is 1420 g/mol. The number of hydrogen-bond acceptors (Lipinski definition) is 24. The summed E-state index contributed by atoms with van der Waals surface area (Å²) in [5, 5.41) is 59.3. The Morgan fingerprint density at radius 1 is 0.827 bits per heavy atom. The van der Waals surface area contributed by atoms with E-state index in [2.05, 4.69) is 42.2 Å². The van der Waals surface area contributed by atoms with Crippen LogP contribution in [0.2, 0.25) is 0 Å². The van der Waals surface area contributed by atoms with Gasteiger partial charge in [-0.1, -0.05) is 34.1 Å². The molecule has 8 amide bonds. The fourth-order valence-electron chi connectivity index (χ4n) is 11.1. The van der Waals surface area contributed by atoms with Crippen LogP contribution in [0.25, 0.3) is 10.9 Å². The van der Waals surface area contributed by atoms with E-state index in [0.717, 1.165) is 4.90 Å². The molecule has 33 nitrogen and oxygen atoms in total. The van der Waals surface area contributed by atoms with Crippen LogP contribution in [0.4, 0.5) is 0 Å². The van der Waals surface area contributed by atoms with Crippen LogP contribution in [0.1, 0.15) is 77.3 Å². The van der Waals surface area contributed by atoms with Crippen molar-refractivity contribution in [1.29, 1.82) is 0 Å². The molecule has 0 radical (unpaired) electrons. The van der Waals surface area contributed by atoms with Crippen LogP contribution >= 0.6 is 11.8 Å². The third-order valence-corrected chi connectivity index (χ3v) is 19.2. The van der Waals surface area contributed by atoms with Crippen molar-refractivity contribution in [2.24, 2.45) is 41.1 Å². The first-order valence-electron chi connectivity index (χ1n) is 32.6. The number of primary amides is 1. The average molecular weight is 1420 g/mol. The maximum atomic E-state index is 15.3. The number of amides is 8. The normalized spacial score (nSPS) is 23.3. The van der Waals surface area contributed by atoms with E-state index in [4.69, 9.17) is 45.0 Å². The van der Waals surface area contributed by atoms with Crippen molar-refractivity contribution in [3.05, 3.63) is 35.2 Å². The average Bonchev–Trinajstić information content (AvgIpc) is 1.61. The van der Waals surface area contributed by atoms with Gasteiger partial charge in [0, 0.05) is 90.4 Å². The zero-order valence-corrected chi connectivity index (χ0v) is 57.7. The van der Waals surface area contributed by atoms with E-state index in [1.54, 1.807) is 26.0 Å². The molecular weight excluding hydrogens is 1330 g/mol. The molecule has 2 aromatic rings. The number of ketones is 2. The number of methoxy groups -OCH3 is 1. The van der Waals surface area contributed by atoms with E-state index in [9.17, 15) is 68.1 Å². The van der Waals surface area contributed by atoms with E-state index < -0.39 is 199 Å². The standard InChI is InChI=1S/C63H97N11O22S2/c1-6-35(2)43-24-40(76)29-68-58(85)38-22-44-42-7-8-51(91-5)45(33-97-20-19-96-18-17-95-16-15-94-14-13-93-12-11-92-10-9-66-27-39(64)28-67-57(84)36(3)21-54(82)83)56(42)73-62(44)98(90)34-47(70-53(81)30-69-59(43)86)60(87)71-46(26-52(65)80)63(89)74-31-41(77)25-48(74)61(88)72-55(49(78)23-38)37(4)50(79)32-75/h7-8,27,35-38,41,43,46-48,50,55,66,73,75,77,79H,6,9-26,28-34,64H2,1-5H3,(H2,65,80)(H,67,84)(H,68,85)(H,69,86)(H,70,81)(H,71,87)(H,72,88)(H,82,83)/b39-27-/t35-,36?,37-,38+,41+,43-,46-,47?,48-,50-,55-,98?/m0/s1. The number of aliphatic hydroxyl groups excluding tert-OH is 3. The van der Waals surface area contributed by atoms with Gasteiger partial charge in [0.25, 0.3) is 0 Å². The molecule has 1 aromatic carbocycles. The number of nitrogens with two attached hydrogens (primary N) is 2. The number of aromatic nitrogens is 1. The molecule has 35 heteroatoms. The lowest BCUT2D eigenvalue weighted by atomic mass is 9.85. The lowest BCUT2D eigenvalue weighted by Gasteiger charge is -2.32. The van der Waals surface area contributed by atoms with Crippen molar-refractivity contribution in [2.45, 2.75) is 120 Å². The molecule has 3 aliphatic heterocycles. The molecule has 0 saturated carbocycles. The number of carboxylic acids is 1. The second kappa shape index (κ2) is 41.9. The summed E-state index contributed by atoms with van der Waals surface area (Å²) in [6, 6.07) is -3.68. The summed E-state index contributed by atoms with van der Waals surface area (Å²) < 4.78 is 49.3. The summed E-state index contributed by atoms with van der Waals surface area (Å²) in [5.74, 6) is -14.4. The van der Waals surface area contributed by atoms with Gasteiger partial charge in [-0.2, -0.15) is 11.8 Å². The van der Waals surface area contributed by atoms with Gasteiger partial charge in [0.05, 0.1) is 153 Å². The molecule has 2 bridgehead atoms. The number of fused-ring (bicyclic) bond motifs is 5. The molecule has 98 heavy (non-hydrogen) atoms. The van der Waals surface area contributed by atoms with Gasteiger partial charge in [-0.15, -0.1) is 0 Å². The van der Waals surface area contributed by atoms with Crippen molar-refractivity contribution in [3.63, 3.8) is 0 Å². The predicted molar refractivity (Wildman–Crippen MR) is 354 cm³/mol. The SMILES string of the molecule is CC[C@H](C)[C@@H]1CC(=O)CNC(=O)[C@H]2CC(=O)[C@H]([C@@H](C)[C@@H](O)CO)NC(=O)[C@@H]3C[C@@H](O)CN3C(=O)[C@H](CC(N)=O)NC(=O)C(CS(=O)c3[nH]c4c(CSCCOCCOCCOCCOCCOCCN/C=C(\N)CNC(=O)C(C)CC(=O)O)c(OC)ccc4c3C2)NC(=O)CNC1=O. The third-order valence-electron chi connectivity index (χ3n) is 16.8. The number of carboxylic acid groups (broad SMARTS) is 1. The number of benzene rings is 1. The Bertz CT molecular complexity index is 3120. The molecule has 4 heterocycles. The zero-order valence-electron chi connectivity index (χ0n) is 56.0. The van der Waals surface area contributed by atoms with Crippen LogP contribution < -0.4 is 53.4 Å². The van der Waals surface area contributed by atoms with Crippen LogP contribution in [0.3, 0.4) is 0 Å². The molecule has 0 spiro atoms. The van der Waals surface area contributed by atoms with E-state index >= 15 is 4.21 Å². The van der Waals surface area contributed by atoms with Crippen LogP contribution in [0.15, 0.2) is 29.1 Å². The quantitative estimate of drug-likeness (QED) is 0.0302. The van der Waals surface area contributed by atoms with Crippen molar-refractivity contribution in [1.82, 2.24) is 47.1 Å². The Balaban J connectivity index is 1.32. The highest BCUT2D eigenvalue weighted by molar-refractivity contribution is 7.98. The largest absolute Gasteiger partial charge is 0.496 e. The molecule has 16 N–H and O–H groups in total. The highest BCUT2D eigenvalue weighted by atomic mass is 32.2. The lowest BCUT2D eigenvalue weighted by Crippen LogP contribution is -2.60. The first-order chi connectivity index (χ1) is 46.8. The maximum Gasteiger partial charge on any atom is 0.304 e. The topological polar surface area (TPSA) is 496 Å². The Morgan fingerprint density at radius 3 is 2.09 bits per heavy atom. The molecule has 548 valence electrons. The fourth-order valence-corrected chi connectivity index (χ4v) is 13.3. The number of carbonyl (C=O) groups is 11. The molecule has 1 aromatic heterocycles. The molecular formula is C63H97N11O22S2. The van der Waals surface area contributed by atoms with Crippen molar-refractivity contribution in [2.75, 3.05) is 124 Å². The number of nitrogens with zero attached hydrogens (tertiary/aromatic N) is 1. The zero-order chi connectivity index (χ0) is 72.0. The van der Waals surface area contributed by atoms with Gasteiger partial charge in [0.15, 0.2) is 11.6 Å².